The van der Waals surface area contributed by atoms with E-state index in [1.165, 1.54) is 11.8 Å². The third kappa shape index (κ3) is 4.82. The Morgan fingerprint density at radius 3 is 2.50 bits per heavy atom. The number of hydrogen-bond acceptors (Lipinski definition) is 5. The number of amides is 1. The maximum absolute atomic E-state index is 12.6. The van der Waals surface area contributed by atoms with Gasteiger partial charge in [-0.1, -0.05) is 50.0 Å². The molecule has 0 radical (unpaired) electrons. The fraction of sp³-hybridized carbons (Fsp3) is 0.444. The fourth-order valence-electron chi connectivity index (χ4n) is 2.54. The molecule has 4 nitrogen and oxygen atoms in total. The van der Waals surface area contributed by atoms with Crippen LogP contribution in [0.2, 0.25) is 0 Å². The molecule has 1 saturated heterocycles. The summed E-state index contributed by atoms with van der Waals surface area (Å²) in [6.45, 7) is 8.04. The number of rotatable bonds is 8. The van der Waals surface area contributed by atoms with Crippen molar-refractivity contribution in [2.24, 2.45) is 0 Å². The zero-order valence-corrected chi connectivity index (χ0v) is 16.1. The van der Waals surface area contributed by atoms with Gasteiger partial charge in [0.1, 0.15) is 10.1 Å². The molecule has 1 amide bonds. The van der Waals surface area contributed by atoms with Crippen LogP contribution in [0, 0.1) is 0 Å². The van der Waals surface area contributed by atoms with E-state index >= 15 is 0 Å². The van der Waals surface area contributed by atoms with Gasteiger partial charge in [-0.3, -0.25) is 9.69 Å². The zero-order valence-electron chi connectivity index (χ0n) is 14.4. The molecule has 0 aliphatic carbocycles. The van der Waals surface area contributed by atoms with Crippen LogP contribution < -0.4 is 4.74 Å². The molecule has 1 aliphatic rings. The minimum absolute atomic E-state index is 0.0142. The molecule has 0 atom stereocenters. The molecule has 0 bridgehead atoms. The van der Waals surface area contributed by atoms with Crippen molar-refractivity contribution in [1.82, 2.24) is 9.80 Å². The molecular formula is C18H24N2O2S2. The fourth-order valence-corrected chi connectivity index (χ4v) is 3.85. The van der Waals surface area contributed by atoms with Crippen molar-refractivity contribution in [2.45, 2.75) is 20.3 Å². The molecule has 0 unspecified atom stereocenters. The smallest absolute Gasteiger partial charge is 0.266 e. The molecule has 24 heavy (non-hydrogen) atoms. The minimum atomic E-state index is 0.0142. The van der Waals surface area contributed by atoms with Crippen molar-refractivity contribution < 1.29 is 9.53 Å². The van der Waals surface area contributed by atoms with Crippen LogP contribution >= 0.6 is 24.0 Å². The summed E-state index contributed by atoms with van der Waals surface area (Å²) < 4.78 is 5.80. The van der Waals surface area contributed by atoms with Crippen LogP contribution in [-0.4, -0.2) is 53.3 Å². The van der Waals surface area contributed by atoms with Crippen LogP contribution in [0.3, 0.4) is 0 Å². The number of ether oxygens (including phenoxy) is 1. The van der Waals surface area contributed by atoms with Crippen LogP contribution in [0.15, 0.2) is 29.2 Å². The summed E-state index contributed by atoms with van der Waals surface area (Å²) in [4.78, 5) is 17.3. The first-order valence-corrected chi connectivity index (χ1v) is 9.43. The maximum atomic E-state index is 12.6. The highest BCUT2D eigenvalue weighted by Gasteiger charge is 2.31. The lowest BCUT2D eigenvalue weighted by atomic mass is 10.2. The van der Waals surface area contributed by atoms with Crippen molar-refractivity contribution in [3.05, 3.63) is 34.7 Å². The lowest BCUT2D eigenvalue weighted by molar-refractivity contribution is -0.122. The highest BCUT2D eigenvalue weighted by molar-refractivity contribution is 8.26. The second kappa shape index (κ2) is 9.20. The van der Waals surface area contributed by atoms with Crippen molar-refractivity contribution in [3.8, 4) is 5.75 Å². The number of benzene rings is 1. The van der Waals surface area contributed by atoms with Crippen molar-refractivity contribution in [3.63, 3.8) is 0 Å². The molecule has 0 saturated carbocycles. The second-order valence-corrected chi connectivity index (χ2v) is 7.16. The number of carbonyl (C=O) groups excluding carboxylic acids is 1. The average Bonchev–Trinajstić information content (AvgIpc) is 2.86. The van der Waals surface area contributed by atoms with Crippen LogP contribution in [0.4, 0.5) is 0 Å². The Morgan fingerprint density at radius 2 is 1.92 bits per heavy atom. The Kier molecular flexibility index (Phi) is 7.27. The summed E-state index contributed by atoms with van der Waals surface area (Å²) in [6.07, 6.45) is 2.83. The van der Waals surface area contributed by atoms with Gasteiger partial charge in [0, 0.05) is 6.54 Å². The van der Waals surface area contributed by atoms with Gasteiger partial charge < -0.3 is 9.64 Å². The van der Waals surface area contributed by atoms with Gasteiger partial charge in [-0.2, -0.15) is 0 Å². The molecule has 2 rings (SSSR count). The van der Waals surface area contributed by atoms with E-state index in [-0.39, 0.29) is 5.91 Å². The average molecular weight is 365 g/mol. The molecule has 0 N–H and O–H groups in total. The van der Waals surface area contributed by atoms with Gasteiger partial charge in [0.05, 0.1) is 12.0 Å². The number of carbonyl (C=O) groups is 1. The molecule has 6 heteroatoms. The van der Waals surface area contributed by atoms with Gasteiger partial charge >= 0.3 is 0 Å². The maximum Gasteiger partial charge on any atom is 0.266 e. The first-order valence-electron chi connectivity index (χ1n) is 8.20. The van der Waals surface area contributed by atoms with Gasteiger partial charge in [0.25, 0.3) is 5.91 Å². The normalized spacial score (nSPS) is 16.5. The molecule has 130 valence electrons. The number of thiocarbonyl (C=S) groups is 1. The number of thioether (sulfide) groups is 1. The predicted molar refractivity (Wildman–Crippen MR) is 105 cm³/mol. The highest BCUT2D eigenvalue weighted by atomic mass is 32.2. The summed E-state index contributed by atoms with van der Waals surface area (Å²) >= 11 is 6.76. The second-order valence-electron chi connectivity index (χ2n) is 5.49. The topological polar surface area (TPSA) is 32.8 Å². The van der Waals surface area contributed by atoms with Crippen LogP contribution in [0.1, 0.15) is 25.8 Å². The molecule has 1 fully saturated rings. The standard InChI is InChI=1S/C18H24N2O2S2/c1-4-19(5-2)11-6-12-20-17(21)16(24-18(20)23)13-14-7-9-15(22-3)10-8-14/h7-10,13H,4-6,11-12H2,1-3H3/b16-13-. The number of hydrogen-bond donors (Lipinski definition) is 0. The molecule has 1 heterocycles. The zero-order chi connectivity index (χ0) is 17.5. The lowest BCUT2D eigenvalue weighted by Crippen LogP contribution is -2.32. The predicted octanol–water partition coefficient (Wildman–Crippen LogP) is 3.63. The van der Waals surface area contributed by atoms with Crippen molar-refractivity contribution >= 4 is 40.3 Å². The number of methoxy groups -OCH3 is 1. The summed E-state index contributed by atoms with van der Waals surface area (Å²) in [5.41, 5.74) is 0.972. The van der Waals surface area contributed by atoms with Gasteiger partial charge in [0.2, 0.25) is 0 Å². The Bertz CT molecular complexity index is 610. The van der Waals surface area contributed by atoms with E-state index in [2.05, 4.69) is 18.7 Å². The number of nitrogens with zero attached hydrogens (tertiary/aromatic N) is 2. The van der Waals surface area contributed by atoms with E-state index in [4.69, 9.17) is 17.0 Å². The molecule has 0 aromatic heterocycles. The van der Waals surface area contributed by atoms with Crippen LogP contribution in [-0.2, 0) is 4.79 Å². The molecule has 1 aromatic rings. The van der Waals surface area contributed by atoms with E-state index in [9.17, 15) is 4.79 Å². The van der Waals surface area contributed by atoms with E-state index in [0.717, 1.165) is 37.4 Å². The van der Waals surface area contributed by atoms with Crippen molar-refractivity contribution in [1.29, 1.82) is 0 Å². The lowest BCUT2D eigenvalue weighted by Gasteiger charge is -2.20. The van der Waals surface area contributed by atoms with Crippen LogP contribution in [0.5, 0.6) is 5.75 Å². The first kappa shape index (κ1) is 19.0. The van der Waals surface area contributed by atoms with Gasteiger partial charge in [0.15, 0.2) is 0 Å². The van der Waals surface area contributed by atoms with E-state index < -0.39 is 0 Å². The summed E-state index contributed by atoms with van der Waals surface area (Å²) in [5.74, 6) is 0.816. The SMILES string of the molecule is CCN(CC)CCCN1C(=O)/C(=C/c2ccc(OC)cc2)SC1=S. The Balaban J connectivity index is 1.98. The van der Waals surface area contributed by atoms with Gasteiger partial charge in [-0.15, -0.1) is 0 Å². The third-order valence-electron chi connectivity index (χ3n) is 4.04. The largest absolute Gasteiger partial charge is 0.497 e. The van der Waals surface area contributed by atoms with Crippen LogP contribution in [0.25, 0.3) is 6.08 Å². The van der Waals surface area contributed by atoms with E-state index in [0.29, 0.717) is 15.8 Å². The van der Waals surface area contributed by atoms with Gasteiger partial charge in [-0.25, -0.2) is 0 Å². The quantitative estimate of drug-likeness (QED) is 0.520. The first-order chi connectivity index (χ1) is 11.6. The van der Waals surface area contributed by atoms with Gasteiger partial charge in [-0.05, 0) is 49.8 Å². The summed E-state index contributed by atoms with van der Waals surface area (Å²) in [7, 11) is 1.64. The monoisotopic (exact) mass is 364 g/mol. The van der Waals surface area contributed by atoms with E-state index in [1.54, 1.807) is 12.0 Å². The summed E-state index contributed by atoms with van der Waals surface area (Å²) in [5, 5.41) is 0. The Morgan fingerprint density at radius 1 is 1.25 bits per heavy atom. The molecule has 0 spiro atoms. The van der Waals surface area contributed by atoms with E-state index in [1.807, 2.05) is 30.3 Å². The Labute approximate surface area is 153 Å². The molecule has 1 aromatic carbocycles. The third-order valence-corrected chi connectivity index (χ3v) is 5.42. The highest BCUT2D eigenvalue weighted by Crippen LogP contribution is 2.32. The minimum Gasteiger partial charge on any atom is -0.497 e. The molecular weight excluding hydrogens is 340 g/mol. The molecule has 1 aliphatic heterocycles. The van der Waals surface area contributed by atoms with Crippen molar-refractivity contribution in [2.75, 3.05) is 33.3 Å². The Hall–Kier alpha value is -1.37. The summed E-state index contributed by atoms with van der Waals surface area (Å²) in [6, 6.07) is 7.64.